The van der Waals surface area contributed by atoms with E-state index in [4.69, 9.17) is 5.73 Å². The summed E-state index contributed by atoms with van der Waals surface area (Å²) in [5.74, 6) is 3.64. The maximum absolute atomic E-state index is 12.6. The zero-order chi connectivity index (χ0) is 15.1. The Bertz CT molecular complexity index is 577. The lowest BCUT2D eigenvalue weighted by atomic mass is 9.84. The molecule has 2 aliphatic carbocycles. The van der Waals surface area contributed by atoms with Crippen molar-refractivity contribution in [3.8, 4) is 0 Å². The van der Waals surface area contributed by atoms with Crippen molar-refractivity contribution in [1.82, 2.24) is 0 Å². The lowest BCUT2D eigenvalue weighted by molar-refractivity contribution is -0.121. The Kier molecular flexibility index (Phi) is 5.51. The van der Waals surface area contributed by atoms with E-state index >= 15 is 0 Å². The van der Waals surface area contributed by atoms with Crippen molar-refractivity contribution in [2.75, 3.05) is 16.8 Å². The Morgan fingerprint density at radius 3 is 2.61 bits per heavy atom. The fourth-order valence-corrected chi connectivity index (χ4v) is 7.10. The lowest BCUT2D eigenvalue weighted by Gasteiger charge is -2.27. The molecule has 3 N–H and O–H groups in total. The number of nitrogens with one attached hydrogen (secondary N) is 1. The van der Waals surface area contributed by atoms with Crippen molar-refractivity contribution in [1.29, 1.82) is 0 Å². The number of carbonyl (C=O) groups is 1. The van der Waals surface area contributed by atoms with Gasteiger partial charge in [0, 0.05) is 23.2 Å². The molecule has 1 saturated heterocycles. The Hall–Kier alpha value is -0.360. The number of carbonyl (C=O) groups excluding carboxylic acids is 1. The summed E-state index contributed by atoms with van der Waals surface area (Å²) in [4.78, 5) is 12.6. The molecule has 3 fully saturated rings. The number of halogens is 1. The van der Waals surface area contributed by atoms with E-state index in [0.717, 1.165) is 12.1 Å². The van der Waals surface area contributed by atoms with Gasteiger partial charge in [0.2, 0.25) is 5.91 Å². The minimum atomic E-state index is 0. The molecule has 4 atom stereocenters. The van der Waals surface area contributed by atoms with E-state index in [1.54, 1.807) is 0 Å². The molecule has 3 aliphatic rings. The standard InChI is InChI=1S/C17H22N2OS2.ClH/c18-15-11-5-4-10(8-11)14(15)16(20)19-13-3-1-2-12(9-13)17-21-6-7-22-17;/h1-3,9-11,14-15,17H,4-8,18H2,(H,19,20);1H. The second-order valence-electron chi connectivity index (χ2n) is 6.62. The van der Waals surface area contributed by atoms with Gasteiger partial charge in [0.1, 0.15) is 0 Å². The van der Waals surface area contributed by atoms with Crippen LogP contribution in [0.5, 0.6) is 0 Å². The lowest BCUT2D eigenvalue weighted by Crippen LogP contribution is -2.42. The Labute approximate surface area is 152 Å². The Balaban J connectivity index is 0.00000156. The topological polar surface area (TPSA) is 55.1 Å². The number of hydrogen-bond donors (Lipinski definition) is 2. The van der Waals surface area contributed by atoms with E-state index in [-0.39, 0.29) is 30.3 Å². The van der Waals surface area contributed by atoms with Crippen LogP contribution < -0.4 is 11.1 Å². The van der Waals surface area contributed by atoms with Crippen molar-refractivity contribution in [2.45, 2.75) is 29.9 Å². The van der Waals surface area contributed by atoms with Crippen molar-refractivity contribution in [3.05, 3.63) is 29.8 Å². The molecule has 2 saturated carbocycles. The molecule has 1 amide bonds. The average Bonchev–Trinajstić information content (AvgIpc) is 3.24. The van der Waals surface area contributed by atoms with Crippen LogP contribution in [0.15, 0.2) is 24.3 Å². The summed E-state index contributed by atoms with van der Waals surface area (Å²) in [7, 11) is 0. The first kappa shape index (κ1) is 17.5. The van der Waals surface area contributed by atoms with E-state index < -0.39 is 0 Å². The van der Waals surface area contributed by atoms with E-state index in [1.165, 1.54) is 29.9 Å². The fourth-order valence-electron chi connectivity index (χ4n) is 4.26. The van der Waals surface area contributed by atoms with Gasteiger partial charge in [-0.25, -0.2) is 0 Å². The first-order valence-electron chi connectivity index (χ1n) is 8.12. The molecule has 3 nitrogen and oxygen atoms in total. The van der Waals surface area contributed by atoms with Crippen LogP contribution in [-0.4, -0.2) is 23.5 Å². The number of nitrogens with two attached hydrogens (primary N) is 1. The Morgan fingerprint density at radius 1 is 1.17 bits per heavy atom. The molecule has 6 heteroatoms. The SMILES string of the molecule is Cl.NC1C2CCC(C2)C1C(=O)Nc1cccc(C2SCCS2)c1. The third kappa shape index (κ3) is 3.39. The van der Waals surface area contributed by atoms with Gasteiger partial charge in [-0.1, -0.05) is 12.1 Å². The maximum Gasteiger partial charge on any atom is 0.229 e. The van der Waals surface area contributed by atoms with Crippen molar-refractivity contribution >= 4 is 47.5 Å². The molecular weight excluding hydrogens is 348 g/mol. The minimum absolute atomic E-state index is 0. The van der Waals surface area contributed by atoms with Crippen LogP contribution in [0.2, 0.25) is 0 Å². The number of rotatable bonds is 3. The Morgan fingerprint density at radius 2 is 1.91 bits per heavy atom. The normalized spacial score (nSPS) is 32.7. The van der Waals surface area contributed by atoms with E-state index in [2.05, 4.69) is 17.4 Å². The summed E-state index contributed by atoms with van der Waals surface area (Å²) in [6.45, 7) is 0. The average molecular weight is 371 g/mol. The van der Waals surface area contributed by atoms with Gasteiger partial charge >= 0.3 is 0 Å². The summed E-state index contributed by atoms with van der Waals surface area (Å²) in [5, 5.41) is 3.13. The molecule has 23 heavy (non-hydrogen) atoms. The van der Waals surface area contributed by atoms with Crippen LogP contribution in [0.25, 0.3) is 0 Å². The van der Waals surface area contributed by atoms with Gasteiger partial charge in [-0.05, 0) is 48.8 Å². The monoisotopic (exact) mass is 370 g/mol. The highest BCUT2D eigenvalue weighted by atomic mass is 35.5. The second-order valence-corrected chi connectivity index (χ2v) is 9.35. The molecule has 1 aromatic carbocycles. The van der Waals surface area contributed by atoms with E-state index in [0.29, 0.717) is 16.4 Å². The van der Waals surface area contributed by atoms with Crippen molar-refractivity contribution in [2.24, 2.45) is 23.5 Å². The molecule has 126 valence electrons. The van der Waals surface area contributed by atoms with Crippen LogP contribution in [0.3, 0.4) is 0 Å². The number of fused-ring (bicyclic) bond motifs is 2. The molecule has 2 bridgehead atoms. The van der Waals surface area contributed by atoms with Crippen LogP contribution >= 0.6 is 35.9 Å². The number of amides is 1. The predicted octanol–water partition coefficient (Wildman–Crippen LogP) is 3.90. The maximum atomic E-state index is 12.6. The number of hydrogen-bond acceptors (Lipinski definition) is 4. The summed E-state index contributed by atoms with van der Waals surface area (Å²) in [5.41, 5.74) is 8.51. The number of thioether (sulfide) groups is 2. The third-order valence-electron chi connectivity index (χ3n) is 5.33. The van der Waals surface area contributed by atoms with Crippen LogP contribution in [0.4, 0.5) is 5.69 Å². The minimum Gasteiger partial charge on any atom is -0.327 e. The molecule has 4 rings (SSSR count). The van der Waals surface area contributed by atoms with Crippen molar-refractivity contribution in [3.63, 3.8) is 0 Å². The zero-order valence-corrected chi connectivity index (χ0v) is 15.4. The van der Waals surface area contributed by atoms with Gasteiger partial charge in [0.05, 0.1) is 10.5 Å². The quantitative estimate of drug-likeness (QED) is 0.847. The van der Waals surface area contributed by atoms with Crippen LogP contribution in [0, 0.1) is 17.8 Å². The molecule has 4 unspecified atom stereocenters. The molecule has 1 aliphatic heterocycles. The highest BCUT2D eigenvalue weighted by molar-refractivity contribution is 8.19. The second kappa shape index (κ2) is 7.26. The number of anilines is 1. The molecule has 0 radical (unpaired) electrons. The number of benzene rings is 1. The molecule has 0 spiro atoms. The van der Waals surface area contributed by atoms with E-state index in [1.807, 2.05) is 35.7 Å². The highest BCUT2D eigenvalue weighted by Gasteiger charge is 2.49. The van der Waals surface area contributed by atoms with Crippen molar-refractivity contribution < 1.29 is 4.79 Å². The highest BCUT2D eigenvalue weighted by Crippen LogP contribution is 2.48. The van der Waals surface area contributed by atoms with E-state index in [9.17, 15) is 4.79 Å². The smallest absolute Gasteiger partial charge is 0.229 e. The van der Waals surface area contributed by atoms with Crippen LogP contribution in [0.1, 0.15) is 29.4 Å². The van der Waals surface area contributed by atoms with Gasteiger partial charge in [-0.3, -0.25) is 4.79 Å². The van der Waals surface area contributed by atoms with Gasteiger partial charge < -0.3 is 11.1 Å². The van der Waals surface area contributed by atoms with Gasteiger partial charge in [0.25, 0.3) is 0 Å². The summed E-state index contributed by atoms with van der Waals surface area (Å²) < 4.78 is 0.515. The summed E-state index contributed by atoms with van der Waals surface area (Å²) >= 11 is 3.98. The van der Waals surface area contributed by atoms with Gasteiger partial charge in [0.15, 0.2) is 0 Å². The molecule has 1 heterocycles. The molecular formula is C17H23ClN2OS2. The predicted molar refractivity (Wildman–Crippen MR) is 102 cm³/mol. The first-order chi connectivity index (χ1) is 10.7. The third-order valence-corrected chi connectivity index (χ3v) is 8.44. The van der Waals surface area contributed by atoms with Crippen LogP contribution in [-0.2, 0) is 4.79 Å². The fraction of sp³-hybridized carbons (Fsp3) is 0.588. The van der Waals surface area contributed by atoms with Gasteiger partial charge in [-0.2, -0.15) is 0 Å². The molecule has 1 aromatic rings. The van der Waals surface area contributed by atoms with Gasteiger partial charge in [-0.15, -0.1) is 35.9 Å². The summed E-state index contributed by atoms with van der Waals surface area (Å²) in [6.07, 6.45) is 3.53. The zero-order valence-electron chi connectivity index (χ0n) is 12.9. The first-order valence-corrected chi connectivity index (χ1v) is 10.2. The summed E-state index contributed by atoms with van der Waals surface area (Å²) in [6, 6.07) is 8.39. The largest absolute Gasteiger partial charge is 0.327 e. The molecule has 0 aromatic heterocycles.